The molecule has 0 atom stereocenters. The van der Waals surface area contributed by atoms with Gasteiger partial charge in [-0.15, -0.1) is 35.3 Å². The molecule has 1 aromatic rings. The van der Waals surface area contributed by atoms with Crippen molar-refractivity contribution in [2.45, 2.75) is 51.6 Å². The number of halogens is 1. The Morgan fingerprint density at radius 3 is 2.67 bits per heavy atom. The lowest BCUT2D eigenvalue weighted by molar-refractivity contribution is 0.625. The molecule has 1 fully saturated rings. The van der Waals surface area contributed by atoms with Gasteiger partial charge in [0, 0.05) is 15.8 Å². The fourth-order valence-electron chi connectivity index (χ4n) is 2.19. The number of guanidine groups is 1. The number of hydrogen-bond donors (Lipinski definition) is 2. The second kappa shape index (κ2) is 7.99. The summed E-state index contributed by atoms with van der Waals surface area (Å²) >= 11 is 1.83. The van der Waals surface area contributed by atoms with E-state index in [0.717, 1.165) is 6.42 Å². The Kier molecular flexibility index (Phi) is 6.99. The van der Waals surface area contributed by atoms with Gasteiger partial charge in [-0.3, -0.25) is 0 Å². The lowest BCUT2D eigenvalue weighted by Gasteiger charge is -2.11. The van der Waals surface area contributed by atoms with Crippen LogP contribution < -0.4 is 11.1 Å². The van der Waals surface area contributed by atoms with Gasteiger partial charge in [-0.2, -0.15) is 0 Å². The van der Waals surface area contributed by atoms with E-state index in [1.54, 1.807) is 0 Å². The zero-order chi connectivity index (χ0) is 12.1. The first-order chi connectivity index (χ1) is 8.28. The molecule has 1 heterocycles. The molecule has 5 heteroatoms. The number of aryl methyl sites for hydroxylation is 1. The molecule has 0 saturated heterocycles. The molecule has 102 valence electrons. The number of aliphatic imine (C=N–C) groups is 1. The maximum absolute atomic E-state index is 5.88. The highest BCUT2D eigenvalue weighted by Crippen LogP contribution is 2.18. The van der Waals surface area contributed by atoms with Crippen LogP contribution in [0, 0.1) is 0 Å². The molecule has 1 aromatic heterocycles. The van der Waals surface area contributed by atoms with Crippen molar-refractivity contribution in [3.05, 3.63) is 21.9 Å². The fraction of sp³-hybridized carbons (Fsp3) is 0.615. The van der Waals surface area contributed by atoms with Crippen LogP contribution in [0.15, 0.2) is 17.1 Å². The van der Waals surface area contributed by atoms with E-state index in [1.165, 1.54) is 35.4 Å². The highest BCUT2D eigenvalue weighted by atomic mass is 127. The summed E-state index contributed by atoms with van der Waals surface area (Å²) in [7, 11) is 0. The summed E-state index contributed by atoms with van der Waals surface area (Å²) in [6, 6.07) is 4.87. The molecule has 0 spiro atoms. The van der Waals surface area contributed by atoms with E-state index < -0.39 is 0 Å². The van der Waals surface area contributed by atoms with Gasteiger partial charge in [-0.1, -0.05) is 19.8 Å². The van der Waals surface area contributed by atoms with Crippen LogP contribution in [0.2, 0.25) is 0 Å². The van der Waals surface area contributed by atoms with Crippen LogP contribution in [-0.2, 0) is 13.0 Å². The van der Waals surface area contributed by atoms with Crippen molar-refractivity contribution < 1.29 is 0 Å². The zero-order valence-corrected chi connectivity index (χ0v) is 14.0. The molecule has 1 aliphatic carbocycles. The topological polar surface area (TPSA) is 50.4 Å². The van der Waals surface area contributed by atoms with E-state index >= 15 is 0 Å². The number of rotatable bonds is 4. The third-order valence-corrected chi connectivity index (χ3v) is 4.39. The summed E-state index contributed by atoms with van der Waals surface area (Å²) in [6.45, 7) is 2.88. The van der Waals surface area contributed by atoms with Crippen LogP contribution >= 0.6 is 35.3 Å². The summed E-state index contributed by atoms with van der Waals surface area (Å²) in [6.07, 6.45) is 6.19. The molecular weight excluding hydrogens is 357 g/mol. The Balaban J connectivity index is 0.00000162. The quantitative estimate of drug-likeness (QED) is 0.479. The van der Waals surface area contributed by atoms with Crippen molar-refractivity contribution in [1.29, 1.82) is 0 Å². The summed E-state index contributed by atoms with van der Waals surface area (Å²) in [5.74, 6) is 0.600. The van der Waals surface area contributed by atoms with Crippen molar-refractivity contribution >= 4 is 41.3 Å². The van der Waals surface area contributed by atoms with Crippen LogP contribution in [0.3, 0.4) is 0 Å². The van der Waals surface area contributed by atoms with Gasteiger partial charge in [0.05, 0.1) is 6.54 Å². The maximum Gasteiger partial charge on any atom is 0.189 e. The molecule has 0 unspecified atom stereocenters. The number of nitrogens with zero attached hydrogens (tertiary/aromatic N) is 1. The molecule has 1 saturated carbocycles. The standard InChI is InChI=1S/C13H21N3S.HI/c1-2-11-7-8-12(17-11)9-15-13(14)16-10-5-3-4-6-10;/h7-8,10H,2-6,9H2,1H3,(H3,14,15,16);1H. The molecule has 2 rings (SSSR count). The van der Waals surface area contributed by atoms with E-state index in [9.17, 15) is 0 Å². The molecule has 0 radical (unpaired) electrons. The number of hydrogen-bond acceptors (Lipinski definition) is 2. The van der Waals surface area contributed by atoms with Crippen LogP contribution in [0.5, 0.6) is 0 Å². The smallest absolute Gasteiger partial charge is 0.189 e. The highest BCUT2D eigenvalue weighted by molar-refractivity contribution is 14.0. The minimum Gasteiger partial charge on any atom is -0.370 e. The van der Waals surface area contributed by atoms with Crippen LogP contribution in [0.1, 0.15) is 42.4 Å². The fourth-order valence-corrected chi connectivity index (χ4v) is 3.07. The summed E-state index contributed by atoms with van der Waals surface area (Å²) in [4.78, 5) is 7.10. The van der Waals surface area contributed by atoms with E-state index in [1.807, 2.05) is 11.3 Å². The Labute approximate surface area is 130 Å². The summed E-state index contributed by atoms with van der Waals surface area (Å²) in [5.41, 5.74) is 5.88. The number of nitrogens with one attached hydrogen (secondary N) is 1. The van der Waals surface area contributed by atoms with Gasteiger partial charge in [-0.05, 0) is 31.4 Å². The molecule has 0 amide bonds. The van der Waals surface area contributed by atoms with E-state index in [-0.39, 0.29) is 24.0 Å². The second-order valence-electron chi connectivity index (χ2n) is 4.55. The Morgan fingerprint density at radius 2 is 2.06 bits per heavy atom. The van der Waals surface area contributed by atoms with Gasteiger partial charge < -0.3 is 11.1 Å². The first-order valence-corrected chi connectivity index (χ1v) is 7.23. The largest absolute Gasteiger partial charge is 0.370 e. The predicted octanol–water partition coefficient (Wildman–Crippen LogP) is 3.28. The molecule has 3 N–H and O–H groups in total. The normalized spacial score (nSPS) is 16.6. The lowest BCUT2D eigenvalue weighted by atomic mass is 10.2. The van der Waals surface area contributed by atoms with E-state index in [4.69, 9.17) is 5.73 Å². The van der Waals surface area contributed by atoms with E-state index in [2.05, 4.69) is 29.4 Å². The van der Waals surface area contributed by atoms with Crippen molar-refractivity contribution in [3.63, 3.8) is 0 Å². The number of thiophene rings is 1. The average Bonchev–Trinajstić information content (AvgIpc) is 2.96. The maximum atomic E-state index is 5.88. The summed E-state index contributed by atoms with van der Waals surface area (Å²) < 4.78 is 0. The van der Waals surface area contributed by atoms with Gasteiger partial charge >= 0.3 is 0 Å². The van der Waals surface area contributed by atoms with Gasteiger partial charge in [0.25, 0.3) is 0 Å². The zero-order valence-electron chi connectivity index (χ0n) is 10.8. The summed E-state index contributed by atoms with van der Waals surface area (Å²) in [5, 5.41) is 3.30. The van der Waals surface area contributed by atoms with Gasteiger partial charge in [0.1, 0.15) is 0 Å². The van der Waals surface area contributed by atoms with Crippen molar-refractivity contribution in [3.8, 4) is 0 Å². The average molecular weight is 379 g/mol. The SMILES string of the molecule is CCc1ccc(CN=C(N)NC2CCCC2)s1.I. The third kappa shape index (κ3) is 4.76. The van der Waals surface area contributed by atoms with Crippen molar-refractivity contribution in [1.82, 2.24) is 5.32 Å². The lowest BCUT2D eigenvalue weighted by Crippen LogP contribution is -2.38. The van der Waals surface area contributed by atoms with E-state index in [0.29, 0.717) is 18.5 Å². The van der Waals surface area contributed by atoms with Crippen LogP contribution in [0.4, 0.5) is 0 Å². The van der Waals surface area contributed by atoms with Gasteiger partial charge in [0.15, 0.2) is 5.96 Å². The molecule has 0 bridgehead atoms. The molecule has 3 nitrogen and oxygen atoms in total. The van der Waals surface area contributed by atoms with Crippen LogP contribution in [0.25, 0.3) is 0 Å². The molecular formula is C13H22IN3S. The van der Waals surface area contributed by atoms with Crippen molar-refractivity contribution in [2.75, 3.05) is 0 Å². The Bertz CT molecular complexity index is 383. The first-order valence-electron chi connectivity index (χ1n) is 6.42. The van der Waals surface area contributed by atoms with Gasteiger partial charge in [-0.25, -0.2) is 4.99 Å². The van der Waals surface area contributed by atoms with Crippen molar-refractivity contribution in [2.24, 2.45) is 10.7 Å². The van der Waals surface area contributed by atoms with Crippen LogP contribution in [-0.4, -0.2) is 12.0 Å². The number of nitrogens with two attached hydrogens (primary N) is 1. The third-order valence-electron chi connectivity index (χ3n) is 3.18. The first kappa shape index (κ1) is 15.8. The minimum atomic E-state index is 0. The monoisotopic (exact) mass is 379 g/mol. The Hall–Kier alpha value is -0.300. The molecule has 18 heavy (non-hydrogen) atoms. The molecule has 0 aliphatic heterocycles. The predicted molar refractivity (Wildman–Crippen MR) is 89.8 cm³/mol. The minimum absolute atomic E-state index is 0. The second-order valence-corrected chi connectivity index (χ2v) is 5.80. The highest BCUT2D eigenvalue weighted by Gasteiger charge is 2.14. The Morgan fingerprint density at radius 1 is 1.39 bits per heavy atom. The molecule has 0 aromatic carbocycles. The van der Waals surface area contributed by atoms with Gasteiger partial charge in [0.2, 0.25) is 0 Å². The molecule has 1 aliphatic rings.